The van der Waals surface area contributed by atoms with Crippen molar-refractivity contribution in [1.82, 2.24) is 9.88 Å². The van der Waals surface area contributed by atoms with E-state index >= 15 is 0 Å². The number of halogens is 1. The molecule has 1 aromatic heterocycles. The molecule has 0 bridgehead atoms. The molecule has 1 fully saturated rings. The van der Waals surface area contributed by atoms with Crippen molar-refractivity contribution >= 4 is 28.5 Å². The summed E-state index contributed by atoms with van der Waals surface area (Å²) in [6, 6.07) is 12.0. The van der Waals surface area contributed by atoms with E-state index in [9.17, 15) is 4.79 Å². The van der Waals surface area contributed by atoms with Crippen LogP contribution < -0.4 is 5.32 Å². The molecule has 128 valence electrons. The van der Waals surface area contributed by atoms with Gasteiger partial charge >= 0.3 is 0 Å². The van der Waals surface area contributed by atoms with E-state index < -0.39 is 0 Å². The summed E-state index contributed by atoms with van der Waals surface area (Å²) in [5.41, 5.74) is 1.67. The van der Waals surface area contributed by atoms with E-state index in [1.807, 2.05) is 41.1 Å². The fourth-order valence-corrected chi connectivity index (χ4v) is 3.62. The van der Waals surface area contributed by atoms with E-state index in [1.54, 1.807) is 0 Å². The molecule has 3 rings (SSSR count). The predicted octanol–water partition coefficient (Wildman–Crippen LogP) is 4.16. The number of amides is 1. The lowest BCUT2D eigenvalue weighted by Crippen LogP contribution is -2.34. The quantitative estimate of drug-likeness (QED) is 0.689. The monoisotopic (exact) mass is 438 g/mol. The zero-order valence-electron chi connectivity index (χ0n) is 13.9. The van der Waals surface area contributed by atoms with Crippen molar-refractivity contribution in [3.8, 4) is 5.69 Å². The van der Waals surface area contributed by atoms with Gasteiger partial charge in [0.15, 0.2) is 0 Å². The Morgan fingerprint density at radius 3 is 3.04 bits per heavy atom. The van der Waals surface area contributed by atoms with E-state index in [0.29, 0.717) is 11.8 Å². The normalized spacial score (nSPS) is 18.5. The summed E-state index contributed by atoms with van der Waals surface area (Å²) in [5.74, 6) is -0.0290. The molecule has 2 aromatic rings. The summed E-state index contributed by atoms with van der Waals surface area (Å²) in [7, 11) is 0. The molecule has 0 spiro atoms. The standard InChI is InChI=1S/C19H23IN2O2/c1-14(9-10-17-7-4-12-24-17)21-19(23)18-8-3-11-22(18)16-6-2-5-15(20)13-16/h2-3,5-6,8,11,13-14,17H,4,7,9-10,12H2,1H3,(H,21,23). The number of carbonyl (C=O) groups excluding carboxylic acids is 1. The van der Waals surface area contributed by atoms with Crippen LogP contribution in [0.15, 0.2) is 42.6 Å². The molecule has 0 radical (unpaired) electrons. The topological polar surface area (TPSA) is 43.3 Å². The Morgan fingerprint density at radius 1 is 1.42 bits per heavy atom. The van der Waals surface area contributed by atoms with Crippen LogP contribution in [0, 0.1) is 3.57 Å². The predicted molar refractivity (Wildman–Crippen MR) is 104 cm³/mol. The van der Waals surface area contributed by atoms with Crippen molar-refractivity contribution in [2.75, 3.05) is 6.61 Å². The van der Waals surface area contributed by atoms with Gasteiger partial charge in [0.25, 0.3) is 5.91 Å². The smallest absolute Gasteiger partial charge is 0.268 e. The second kappa shape index (κ2) is 8.16. The van der Waals surface area contributed by atoms with Gasteiger partial charge in [-0.1, -0.05) is 6.07 Å². The number of hydrogen-bond acceptors (Lipinski definition) is 2. The number of rotatable bonds is 6. The van der Waals surface area contributed by atoms with Crippen LogP contribution >= 0.6 is 22.6 Å². The Bertz CT molecular complexity index is 692. The van der Waals surface area contributed by atoms with E-state index in [2.05, 4.69) is 40.9 Å². The Hall–Kier alpha value is -1.34. The van der Waals surface area contributed by atoms with Crippen molar-refractivity contribution in [2.45, 2.75) is 44.8 Å². The first-order valence-electron chi connectivity index (χ1n) is 8.49. The van der Waals surface area contributed by atoms with Gasteiger partial charge in [0.2, 0.25) is 0 Å². The fraction of sp³-hybridized carbons (Fsp3) is 0.421. The molecule has 4 nitrogen and oxygen atoms in total. The van der Waals surface area contributed by atoms with Crippen LogP contribution in [0.4, 0.5) is 0 Å². The lowest BCUT2D eigenvalue weighted by Gasteiger charge is -2.17. The van der Waals surface area contributed by atoms with Crippen LogP contribution in [0.1, 0.15) is 43.1 Å². The fourth-order valence-electron chi connectivity index (χ4n) is 3.09. The highest BCUT2D eigenvalue weighted by molar-refractivity contribution is 14.1. The van der Waals surface area contributed by atoms with E-state index in [-0.39, 0.29) is 11.9 Å². The maximum atomic E-state index is 12.6. The molecule has 1 aromatic carbocycles. The number of ether oxygens (including phenoxy) is 1. The van der Waals surface area contributed by atoms with Crippen LogP contribution in [-0.4, -0.2) is 29.2 Å². The molecule has 1 aliphatic rings. The highest BCUT2D eigenvalue weighted by Gasteiger charge is 2.18. The largest absolute Gasteiger partial charge is 0.378 e. The van der Waals surface area contributed by atoms with Crippen molar-refractivity contribution in [3.05, 3.63) is 51.9 Å². The van der Waals surface area contributed by atoms with Gasteiger partial charge in [-0.25, -0.2) is 0 Å². The van der Waals surface area contributed by atoms with Gasteiger partial charge in [0, 0.05) is 28.1 Å². The molecule has 2 atom stereocenters. The zero-order chi connectivity index (χ0) is 16.9. The third-order valence-electron chi connectivity index (χ3n) is 4.39. The number of hydrogen-bond donors (Lipinski definition) is 1. The summed E-state index contributed by atoms with van der Waals surface area (Å²) in [4.78, 5) is 12.6. The molecule has 1 N–H and O–H groups in total. The van der Waals surface area contributed by atoms with E-state index in [0.717, 1.165) is 41.5 Å². The van der Waals surface area contributed by atoms with Crippen molar-refractivity contribution in [3.63, 3.8) is 0 Å². The first-order chi connectivity index (χ1) is 11.6. The van der Waals surface area contributed by atoms with Crippen LogP contribution in [0.2, 0.25) is 0 Å². The Kier molecular flexibility index (Phi) is 5.94. The van der Waals surface area contributed by atoms with Crippen molar-refractivity contribution in [1.29, 1.82) is 0 Å². The number of benzene rings is 1. The molecule has 2 heterocycles. The number of nitrogens with zero attached hydrogens (tertiary/aromatic N) is 1. The van der Waals surface area contributed by atoms with Crippen molar-refractivity contribution in [2.24, 2.45) is 0 Å². The average molecular weight is 438 g/mol. The number of aromatic nitrogens is 1. The third kappa shape index (κ3) is 4.39. The molecule has 24 heavy (non-hydrogen) atoms. The third-order valence-corrected chi connectivity index (χ3v) is 5.06. The Morgan fingerprint density at radius 2 is 2.29 bits per heavy atom. The second-order valence-electron chi connectivity index (χ2n) is 6.33. The summed E-state index contributed by atoms with van der Waals surface area (Å²) in [5, 5.41) is 3.11. The van der Waals surface area contributed by atoms with Gasteiger partial charge in [0.1, 0.15) is 5.69 Å². The lowest BCUT2D eigenvalue weighted by atomic mass is 10.1. The van der Waals surface area contributed by atoms with Crippen molar-refractivity contribution < 1.29 is 9.53 Å². The van der Waals surface area contributed by atoms with Gasteiger partial charge in [-0.3, -0.25) is 4.79 Å². The average Bonchev–Trinajstić information content (AvgIpc) is 3.24. The maximum Gasteiger partial charge on any atom is 0.268 e. The highest BCUT2D eigenvalue weighted by Crippen LogP contribution is 2.18. The lowest BCUT2D eigenvalue weighted by molar-refractivity contribution is 0.0894. The Labute approximate surface area is 156 Å². The minimum Gasteiger partial charge on any atom is -0.378 e. The van der Waals surface area contributed by atoms with Gasteiger partial charge in [-0.15, -0.1) is 0 Å². The number of nitrogens with one attached hydrogen (secondary N) is 1. The molecule has 1 aliphatic heterocycles. The molecule has 1 amide bonds. The summed E-state index contributed by atoms with van der Waals surface area (Å²) >= 11 is 2.28. The van der Waals surface area contributed by atoms with E-state index in [1.165, 1.54) is 0 Å². The second-order valence-corrected chi connectivity index (χ2v) is 7.58. The van der Waals surface area contributed by atoms with Crippen LogP contribution in [0.5, 0.6) is 0 Å². The summed E-state index contributed by atoms with van der Waals surface area (Å²) in [6.45, 7) is 2.94. The summed E-state index contributed by atoms with van der Waals surface area (Å²) in [6.07, 6.45) is 6.57. The van der Waals surface area contributed by atoms with Crippen LogP contribution in [0.3, 0.4) is 0 Å². The number of carbonyl (C=O) groups is 1. The molecule has 0 aliphatic carbocycles. The first-order valence-corrected chi connectivity index (χ1v) is 9.57. The molecule has 0 saturated carbocycles. The van der Waals surface area contributed by atoms with E-state index in [4.69, 9.17) is 4.74 Å². The first kappa shape index (κ1) is 17.5. The van der Waals surface area contributed by atoms with Crippen LogP contribution in [0.25, 0.3) is 5.69 Å². The molecular formula is C19H23IN2O2. The molecule has 5 heteroatoms. The highest BCUT2D eigenvalue weighted by atomic mass is 127. The molecule has 2 unspecified atom stereocenters. The Balaban J connectivity index is 1.62. The zero-order valence-corrected chi connectivity index (χ0v) is 16.0. The minimum atomic E-state index is -0.0290. The SMILES string of the molecule is CC(CCC1CCCO1)NC(=O)c1cccn1-c1cccc(I)c1. The summed E-state index contributed by atoms with van der Waals surface area (Å²) < 4.78 is 8.73. The van der Waals surface area contributed by atoms with Gasteiger partial charge in [-0.2, -0.15) is 0 Å². The van der Waals surface area contributed by atoms with Crippen LogP contribution in [-0.2, 0) is 4.74 Å². The minimum absolute atomic E-state index is 0.0290. The maximum absolute atomic E-state index is 12.6. The van der Waals surface area contributed by atoms with Gasteiger partial charge in [0.05, 0.1) is 6.10 Å². The van der Waals surface area contributed by atoms with Gasteiger partial charge < -0.3 is 14.6 Å². The molecular weight excluding hydrogens is 415 g/mol. The molecule has 1 saturated heterocycles. The van der Waals surface area contributed by atoms with Gasteiger partial charge in [-0.05, 0) is 85.5 Å².